The molecule has 5 nitrogen and oxygen atoms in total. The normalized spacial score (nSPS) is 22.4. The van der Waals surface area contributed by atoms with Crippen LogP contribution in [0, 0.1) is 6.92 Å². The van der Waals surface area contributed by atoms with E-state index in [1.807, 2.05) is 31.2 Å². The Morgan fingerprint density at radius 2 is 1.89 bits per heavy atom. The Hall–Kier alpha value is -2.44. The number of aryl methyl sites for hydroxylation is 1. The van der Waals surface area contributed by atoms with Gasteiger partial charge in [0.25, 0.3) is 12.3 Å². The highest BCUT2D eigenvalue weighted by atomic mass is 19.3. The Bertz CT molecular complexity index is 812. The average molecular weight is 374 g/mol. The molecule has 1 fully saturated rings. The molecule has 0 radical (unpaired) electrons. The van der Waals surface area contributed by atoms with Crippen molar-refractivity contribution in [1.29, 1.82) is 0 Å². The van der Waals surface area contributed by atoms with Gasteiger partial charge in [0.15, 0.2) is 0 Å². The fraction of sp³-hybridized carbons (Fsp3) is 0.500. The van der Waals surface area contributed by atoms with Gasteiger partial charge in [-0.15, -0.1) is 0 Å². The fourth-order valence-corrected chi connectivity index (χ4v) is 3.97. The van der Waals surface area contributed by atoms with Crippen molar-refractivity contribution >= 4 is 11.7 Å². The summed E-state index contributed by atoms with van der Waals surface area (Å²) < 4.78 is 28.8. The molecule has 0 unspecified atom stereocenters. The van der Waals surface area contributed by atoms with Crippen LogP contribution in [0.15, 0.2) is 30.5 Å². The number of nitrogens with one attached hydrogen (secondary N) is 1. The topological polar surface area (TPSA) is 50.2 Å². The molecule has 1 N–H and O–H groups in total. The molecule has 0 bridgehead atoms. The predicted octanol–water partition coefficient (Wildman–Crippen LogP) is 4.18. The van der Waals surface area contributed by atoms with Crippen molar-refractivity contribution in [2.45, 2.75) is 51.1 Å². The van der Waals surface area contributed by atoms with Gasteiger partial charge < -0.3 is 10.2 Å². The third-order valence-electron chi connectivity index (χ3n) is 5.54. The predicted molar refractivity (Wildman–Crippen MR) is 99.2 cm³/mol. The van der Waals surface area contributed by atoms with E-state index in [9.17, 15) is 13.6 Å². The lowest BCUT2D eigenvalue weighted by molar-refractivity contribution is 0.0649. The van der Waals surface area contributed by atoms with Gasteiger partial charge in [-0.05, 0) is 38.2 Å². The van der Waals surface area contributed by atoms with Crippen LogP contribution in [0.3, 0.4) is 0 Å². The monoisotopic (exact) mass is 374 g/mol. The first-order valence-corrected chi connectivity index (χ1v) is 9.52. The summed E-state index contributed by atoms with van der Waals surface area (Å²) in [5, 5.41) is 7.45. The maximum atomic E-state index is 13.7. The minimum Gasteiger partial charge on any atom is -0.363 e. The Morgan fingerprint density at radius 1 is 1.19 bits per heavy atom. The zero-order valence-electron chi connectivity index (χ0n) is 15.4. The van der Waals surface area contributed by atoms with Gasteiger partial charge in [-0.1, -0.05) is 29.8 Å². The molecule has 2 aliphatic rings. The van der Waals surface area contributed by atoms with E-state index in [0.29, 0.717) is 24.5 Å². The van der Waals surface area contributed by atoms with Crippen LogP contribution >= 0.6 is 0 Å². The van der Waals surface area contributed by atoms with Gasteiger partial charge in [0.05, 0.1) is 12.2 Å². The van der Waals surface area contributed by atoms with Crippen LogP contribution in [0.5, 0.6) is 0 Å². The van der Waals surface area contributed by atoms with E-state index in [4.69, 9.17) is 0 Å². The zero-order valence-corrected chi connectivity index (χ0v) is 15.4. The largest absolute Gasteiger partial charge is 0.363 e. The molecule has 1 saturated heterocycles. The first-order valence-electron chi connectivity index (χ1n) is 9.52. The molecule has 3 heterocycles. The molecular formula is C20H24F2N4O. The number of fused-ring (bicyclic) bond motifs is 1. The molecule has 0 saturated carbocycles. The van der Waals surface area contributed by atoms with Crippen molar-refractivity contribution in [2.24, 2.45) is 0 Å². The molecule has 2 aliphatic heterocycles. The van der Waals surface area contributed by atoms with Gasteiger partial charge in [0, 0.05) is 13.1 Å². The summed E-state index contributed by atoms with van der Waals surface area (Å²) in [5.74, 6) is 0.286. The molecule has 1 aromatic heterocycles. The third-order valence-corrected chi connectivity index (χ3v) is 5.54. The van der Waals surface area contributed by atoms with Crippen molar-refractivity contribution in [3.8, 4) is 0 Å². The van der Waals surface area contributed by atoms with E-state index in [0.717, 1.165) is 30.4 Å². The minimum absolute atomic E-state index is 0.124. The van der Waals surface area contributed by atoms with Crippen molar-refractivity contribution in [1.82, 2.24) is 14.7 Å². The third kappa shape index (κ3) is 3.42. The van der Waals surface area contributed by atoms with Crippen LogP contribution in [-0.2, 0) is 0 Å². The van der Waals surface area contributed by atoms with E-state index in [1.165, 1.54) is 10.9 Å². The SMILES string of the molecule is Cc1ccc([C@H]2C[C@@H](C(F)F)n3ncc(C(=O)N4CCCCC4)c3N2)cc1. The minimum atomic E-state index is -2.54. The van der Waals surface area contributed by atoms with Gasteiger partial charge in [-0.3, -0.25) is 4.79 Å². The molecule has 4 rings (SSSR count). The van der Waals surface area contributed by atoms with Crippen molar-refractivity contribution in [3.05, 3.63) is 47.2 Å². The molecular weight excluding hydrogens is 350 g/mol. The Balaban J connectivity index is 1.67. The van der Waals surface area contributed by atoms with Gasteiger partial charge in [0.2, 0.25) is 0 Å². The summed E-state index contributed by atoms with van der Waals surface area (Å²) in [7, 11) is 0. The number of alkyl halides is 2. The maximum Gasteiger partial charge on any atom is 0.260 e. The number of carbonyl (C=O) groups excluding carboxylic acids is 1. The quantitative estimate of drug-likeness (QED) is 0.877. The average Bonchev–Trinajstić information content (AvgIpc) is 3.11. The van der Waals surface area contributed by atoms with Crippen LogP contribution in [0.25, 0.3) is 0 Å². The van der Waals surface area contributed by atoms with E-state index in [1.54, 1.807) is 4.90 Å². The second kappa shape index (κ2) is 7.29. The number of halogens is 2. The zero-order chi connectivity index (χ0) is 19.0. The lowest BCUT2D eigenvalue weighted by Gasteiger charge is -2.33. The summed E-state index contributed by atoms with van der Waals surface area (Å²) >= 11 is 0. The van der Waals surface area contributed by atoms with Crippen LogP contribution < -0.4 is 5.32 Å². The number of anilines is 1. The standard InChI is InChI=1S/C20H24F2N4O/c1-13-5-7-14(8-6-13)16-11-17(18(21)22)26-19(24-16)15(12-23-26)20(27)25-9-3-2-4-10-25/h5-8,12,16-18,24H,2-4,9-11H2,1H3/t16-,17+/m1/s1. The van der Waals surface area contributed by atoms with Crippen LogP contribution in [-0.4, -0.2) is 40.1 Å². The number of hydrogen-bond acceptors (Lipinski definition) is 3. The summed E-state index contributed by atoms with van der Waals surface area (Å²) in [6, 6.07) is 6.53. The fourth-order valence-electron chi connectivity index (χ4n) is 3.97. The van der Waals surface area contributed by atoms with Crippen LogP contribution in [0.4, 0.5) is 14.6 Å². The molecule has 1 aromatic carbocycles. The lowest BCUT2D eigenvalue weighted by atomic mass is 9.96. The number of hydrogen-bond donors (Lipinski definition) is 1. The Morgan fingerprint density at radius 3 is 2.56 bits per heavy atom. The summed E-state index contributed by atoms with van der Waals surface area (Å²) in [6.07, 6.45) is 2.20. The van der Waals surface area contributed by atoms with Crippen molar-refractivity contribution in [2.75, 3.05) is 18.4 Å². The number of benzene rings is 1. The molecule has 144 valence electrons. The van der Waals surface area contributed by atoms with Crippen molar-refractivity contribution in [3.63, 3.8) is 0 Å². The van der Waals surface area contributed by atoms with E-state index < -0.39 is 12.5 Å². The Kier molecular flexibility index (Phi) is 4.85. The number of carbonyl (C=O) groups is 1. The van der Waals surface area contributed by atoms with Crippen LogP contribution in [0.2, 0.25) is 0 Å². The number of amides is 1. The van der Waals surface area contributed by atoms with E-state index in [-0.39, 0.29) is 18.4 Å². The number of rotatable bonds is 3. The van der Waals surface area contributed by atoms with Gasteiger partial charge in [-0.2, -0.15) is 5.10 Å². The molecule has 7 heteroatoms. The summed E-state index contributed by atoms with van der Waals surface area (Å²) in [4.78, 5) is 14.7. The second-order valence-electron chi connectivity index (χ2n) is 7.45. The smallest absolute Gasteiger partial charge is 0.260 e. The van der Waals surface area contributed by atoms with E-state index in [2.05, 4.69) is 10.4 Å². The van der Waals surface area contributed by atoms with Gasteiger partial charge in [-0.25, -0.2) is 13.5 Å². The van der Waals surface area contributed by atoms with Gasteiger partial charge in [0.1, 0.15) is 17.4 Å². The molecule has 0 aliphatic carbocycles. The van der Waals surface area contributed by atoms with Crippen LogP contribution in [0.1, 0.15) is 59.3 Å². The van der Waals surface area contributed by atoms with E-state index >= 15 is 0 Å². The second-order valence-corrected chi connectivity index (χ2v) is 7.45. The molecule has 2 aromatic rings. The molecule has 0 spiro atoms. The Labute approximate surface area is 157 Å². The summed E-state index contributed by atoms with van der Waals surface area (Å²) in [6.45, 7) is 3.41. The molecule has 1 amide bonds. The number of piperidine rings is 1. The summed E-state index contributed by atoms with van der Waals surface area (Å²) in [5.41, 5.74) is 2.44. The highest BCUT2D eigenvalue weighted by Gasteiger charge is 2.37. The van der Waals surface area contributed by atoms with Crippen molar-refractivity contribution < 1.29 is 13.6 Å². The number of aromatic nitrogens is 2. The first-order chi connectivity index (χ1) is 13.0. The highest BCUT2D eigenvalue weighted by molar-refractivity contribution is 5.99. The first kappa shape index (κ1) is 17.9. The molecule has 27 heavy (non-hydrogen) atoms. The number of nitrogens with zero attached hydrogens (tertiary/aromatic N) is 3. The molecule has 2 atom stereocenters. The highest BCUT2D eigenvalue weighted by Crippen LogP contribution is 2.39. The van der Waals surface area contributed by atoms with Gasteiger partial charge >= 0.3 is 0 Å². The maximum absolute atomic E-state index is 13.7. The number of likely N-dealkylation sites (tertiary alicyclic amines) is 1. The lowest BCUT2D eigenvalue weighted by Crippen LogP contribution is -2.37.